The molecule has 5 nitrogen and oxygen atoms in total. The van der Waals surface area contributed by atoms with E-state index in [4.69, 9.17) is 0 Å². The molecule has 0 aliphatic rings. The number of H-pyrrole nitrogens is 1. The minimum atomic E-state index is -4.41. The van der Waals surface area contributed by atoms with Gasteiger partial charge in [0.05, 0.1) is 22.6 Å². The van der Waals surface area contributed by atoms with E-state index in [2.05, 4.69) is 15.1 Å². The quantitative estimate of drug-likeness (QED) is 0.732. The second-order valence-corrected chi connectivity index (χ2v) is 4.06. The van der Waals surface area contributed by atoms with E-state index in [0.29, 0.717) is 10.9 Å². The molecule has 0 saturated carbocycles. The largest absolute Gasteiger partial charge is 0.408 e. The lowest BCUT2D eigenvalue weighted by atomic mass is 10.2. The van der Waals surface area contributed by atoms with E-state index in [0.717, 1.165) is 10.9 Å². The summed E-state index contributed by atoms with van der Waals surface area (Å²) in [5.41, 5.74) is 0.0997. The third kappa shape index (κ3) is 1.94. The Hall–Kier alpha value is -2.38. The van der Waals surface area contributed by atoms with E-state index >= 15 is 0 Å². The van der Waals surface area contributed by atoms with E-state index in [1.807, 2.05) is 0 Å². The first kappa shape index (κ1) is 11.7. The number of rotatable bonds is 1. The maximum Gasteiger partial charge on any atom is 0.408 e. The van der Waals surface area contributed by atoms with Crippen molar-refractivity contribution < 1.29 is 13.2 Å². The minimum Gasteiger partial charge on any atom is -0.321 e. The molecule has 0 spiro atoms. The monoisotopic (exact) mass is 268 g/mol. The van der Waals surface area contributed by atoms with E-state index < -0.39 is 18.3 Å². The second-order valence-electron chi connectivity index (χ2n) is 4.06. The van der Waals surface area contributed by atoms with Crippen LogP contribution in [0.3, 0.4) is 0 Å². The number of nitrogens with one attached hydrogen (secondary N) is 1. The van der Waals surface area contributed by atoms with Crippen LogP contribution < -0.4 is 5.56 Å². The summed E-state index contributed by atoms with van der Waals surface area (Å²) in [6, 6.07) is 1.53. The summed E-state index contributed by atoms with van der Waals surface area (Å²) in [5.74, 6) is 0. The van der Waals surface area contributed by atoms with Crippen molar-refractivity contribution in [1.29, 1.82) is 0 Å². The molecule has 0 saturated heterocycles. The zero-order valence-corrected chi connectivity index (χ0v) is 9.40. The van der Waals surface area contributed by atoms with Gasteiger partial charge in [-0.1, -0.05) is 0 Å². The Balaban J connectivity index is 2.39. The van der Waals surface area contributed by atoms with E-state index in [1.54, 1.807) is 0 Å². The van der Waals surface area contributed by atoms with Gasteiger partial charge in [-0.2, -0.15) is 18.3 Å². The van der Waals surface area contributed by atoms with Crippen LogP contribution >= 0.6 is 0 Å². The van der Waals surface area contributed by atoms with Crippen molar-refractivity contribution in [3.05, 3.63) is 35.0 Å². The highest BCUT2D eigenvalue weighted by Crippen LogP contribution is 2.24. The summed E-state index contributed by atoms with van der Waals surface area (Å²) in [7, 11) is 0. The molecule has 3 aromatic rings. The molecule has 3 rings (SSSR count). The average Bonchev–Trinajstić information content (AvgIpc) is 2.72. The van der Waals surface area contributed by atoms with Crippen molar-refractivity contribution in [3.63, 3.8) is 0 Å². The minimum absolute atomic E-state index is 0.116. The number of aromatic nitrogens is 4. The molecule has 0 amide bonds. The summed E-state index contributed by atoms with van der Waals surface area (Å²) < 4.78 is 38.2. The summed E-state index contributed by atoms with van der Waals surface area (Å²) in [6.45, 7) is -1.25. The first-order valence-corrected chi connectivity index (χ1v) is 5.34. The third-order valence-electron chi connectivity index (χ3n) is 2.74. The van der Waals surface area contributed by atoms with E-state index in [-0.39, 0.29) is 10.9 Å². The van der Waals surface area contributed by atoms with Crippen LogP contribution in [0.15, 0.2) is 29.5 Å². The third-order valence-corrected chi connectivity index (χ3v) is 2.74. The van der Waals surface area contributed by atoms with Crippen LogP contribution in [0.2, 0.25) is 0 Å². The first-order chi connectivity index (χ1) is 8.96. The van der Waals surface area contributed by atoms with Crippen molar-refractivity contribution in [1.82, 2.24) is 19.7 Å². The van der Waals surface area contributed by atoms with Gasteiger partial charge < -0.3 is 4.98 Å². The first-order valence-electron chi connectivity index (χ1n) is 5.34. The second kappa shape index (κ2) is 3.81. The lowest BCUT2D eigenvalue weighted by molar-refractivity contribution is -0.141. The molecule has 0 fully saturated rings. The molecule has 19 heavy (non-hydrogen) atoms. The normalized spacial score (nSPS) is 12.4. The number of pyridine rings is 2. The summed E-state index contributed by atoms with van der Waals surface area (Å²) >= 11 is 0. The van der Waals surface area contributed by atoms with Gasteiger partial charge in [-0.05, 0) is 6.07 Å². The maximum absolute atomic E-state index is 12.5. The maximum atomic E-state index is 12.5. The van der Waals surface area contributed by atoms with Gasteiger partial charge in [-0.25, -0.2) is 0 Å². The van der Waals surface area contributed by atoms with Crippen molar-refractivity contribution in [2.24, 2.45) is 0 Å². The number of aromatic amines is 1. The topological polar surface area (TPSA) is 63.6 Å². The zero-order chi connectivity index (χ0) is 13.6. The fraction of sp³-hybridized carbons (Fsp3) is 0.182. The van der Waals surface area contributed by atoms with Gasteiger partial charge in [0, 0.05) is 17.8 Å². The van der Waals surface area contributed by atoms with Crippen LogP contribution in [0, 0.1) is 0 Å². The molecule has 0 unspecified atom stereocenters. The van der Waals surface area contributed by atoms with Crippen molar-refractivity contribution in [2.45, 2.75) is 12.7 Å². The van der Waals surface area contributed by atoms with E-state index in [9.17, 15) is 18.0 Å². The molecule has 0 bridgehead atoms. The molecule has 3 heterocycles. The Morgan fingerprint density at radius 2 is 2.05 bits per heavy atom. The highest BCUT2D eigenvalue weighted by molar-refractivity contribution is 6.02. The molecule has 98 valence electrons. The Kier molecular flexibility index (Phi) is 2.34. The summed E-state index contributed by atoms with van der Waals surface area (Å²) in [5, 5.41) is 4.19. The number of halogens is 3. The van der Waals surface area contributed by atoms with Crippen LogP contribution in [0.1, 0.15) is 0 Å². The van der Waals surface area contributed by atoms with Gasteiger partial charge in [-0.3, -0.25) is 14.5 Å². The predicted octanol–water partition coefficient (Wildman–Crippen LogP) is 1.84. The Bertz CT molecular complexity index is 818. The molecule has 3 aromatic heterocycles. The van der Waals surface area contributed by atoms with Gasteiger partial charge in [0.25, 0.3) is 5.56 Å². The predicted molar refractivity (Wildman–Crippen MR) is 61.7 cm³/mol. The molecular weight excluding hydrogens is 261 g/mol. The lowest BCUT2D eigenvalue weighted by Crippen LogP contribution is -2.19. The molecule has 0 aromatic carbocycles. The molecule has 1 N–H and O–H groups in total. The summed E-state index contributed by atoms with van der Waals surface area (Å²) in [4.78, 5) is 18.2. The Labute approximate surface area is 103 Å². The number of hydrogen-bond acceptors (Lipinski definition) is 3. The fourth-order valence-electron chi connectivity index (χ4n) is 2.01. The van der Waals surface area contributed by atoms with Gasteiger partial charge >= 0.3 is 6.18 Å². The van der Waals surface area contributed by atoms with Crippen LogP contribution in [0.25, 0.3) is 21.8 Å². The molecule has 0 atom stereocenters. The molecular formula is C11H7F3N4O. The molecule has 0 radical (unpaired) electrons. The zero-order valence-electron chi connectivity index (χ0n) is 9.40. The van der Waals surface area contributed by atoms with Gasteiger partial charge in [0.1, 0.15) is 6.54 Å². The smallest absolute Gasteiger partial charge is 0.321 e. The van der Waals surface area contributed by atoms with E-state index in [1.165, 1.54) is 18.5 Å². The number of alkyl halides is 3. The average molecular weight is 268 g/mol. The lowest BCUT2D eigenvalue weighted by Gasteiger charge is -2.08. The SMILES string of the molecule is O=c1[nH]c2ccncc2c2c1cnn2CC(F)(F)F. The molecule has 0 aliphatic heterocycles. The van der Waals surface area contributed by atoms with Gasteiger partial charge in [0.2, 0.25) is 0 Å². The van der Waals surface area contributed by atoms with Crippen molar-refractivity contribution in [3.8, 4) is 0 Å². The number of fused-ring (bicyclic) bond motifs is 3. The highest BCUT2D eigenvalue weighted by Gasteiger charge is 2.29. The Morgan fingerprint density at radius 1 is 1.26 bits per heavy atom. The fourth-order valence-corrected chi connectivity index (χ4v) is 2.01. The number of hydrogen-bond donors (Lipinski definition) is 1. The van der Waals surface area contributed by atoms with Gasteiger partial charge in [0.15, 0.2) is 0 Å². The summed E-state index contributed by atoms with van der Waals surface area (Å²) in [6.07, 6.45) is -0.417. The van der Waals surface area contributed by atoms with Crippen LogP contribution in [0.5, 0.6) is 0 Å². The number of nitrogens with zero attached hydrogens (tertiary/aromatic N) is 3. The Morgan fingerprint density at radius 3 is 2.79 bits per heavy atom. The van der Waals surface area contributed by atoms with Crippen LogP contribution in [-0.4, -0.2) is 25.9 Å². The van der Waals surface area contributed by atoms with Crippen LogP contribution in [0.4, 0.5) is 13.2 Å². The molecule has 0 aliphatic carbocycles. The molecule has 8 heteroatoms. The van der Waals surface area contributed by atoms with Crippen molar-refractivity contribution >= 4 is 21.8 Å². The van der Waals surface area contributed by atoms with Gasteiger partial charge in [-0.15, -0.1) is 0 Å². The van der Waals surface area contributed by atoms with Crippen LogP contribution in [-0.2, 0) is 6.54 Å². The highest BCUT2D eigenvalue weighted by atomic mass is 19.4. The van der Waals surface area contributed by atoms with Crippen molar-refractivity contribution in [2.75, 3.05) is 0 Å². The standard InChI is InChI=1S/C11H7F3N4O/c12-11(13,14)5-18-9-6-3-15-2-1-8(6)17-10(19)7(9)4-16-18/h1-4H,5H2,(H,17,19).